The van der Waals surface area contributed by atoms with E-state index in [1.807, 2.05) is 6.07 Å². The molecule has 0 saturated heterocycles. The smallest absolute Gasteiger partial charge is 0.336 e. The number of hydrazone groups is 1. The highest BCUT2D eigenvalue weighted by atomic mass is 35.5. The van der Waals surface area contributed by atoms with Crippen molar-refractivity contribution in [2.45, 2.75) is 0 Å². The maximum atomic E-state index is 12.3. The van der Waals surface area contributed by atoms with Crippen LogP contribution in [0.5, 0.6) is 5.75 Å². The third-order valence-electron chi connectivity index (χ3n) is 4.18. The van der Waals surface area contributed by atoms with E-state index in [0.717, 1.165) is 17.9 Å². The van der Waals surface area contributed by atoms with Crippen LogP contribution in [0.1, 0.15) is 21.5 Å². The zero-order chi connectivity index (χ0) is 23.8. The number of carbonyl (C=O) groups excluding carboxylic acids is 2. The lowest BCUT2D eigenvalue weighted by molar-refractivity contribution is -0.385. The molecule has 8 nitrogen and oxygen atoms in total. The average molecular weight is 484 g/mol. The number of nitro groups is 1. The highest BCUT2D eigenvalue weighted by Gasteiger charge is 2.20. The van der Waals surface area contributed by atoms with Crippen LogP contribution in [0.25, 0.3) is 6.08 Å². The van der Waals surface area contributed by atoms with Gasteiger partial charge in [-0.2, -0.15) is 5.10 Å². The Labute approximate surface area is 198 Å². The van der Waals surface area contributed by atoms with Crippen LogP contribution in [0.4, 0.5) is 5.69 Å². The van der Waals surface area contributed by atoms with E-state index in [1.54, 1.807) is 24.3 Å². The number of hydrogen-bond donors (Lipinski definition) is 1. The van der Waals surface area contributed by atoms with Gasteiger partial charge in [-0.3, -0.25) is 14.9 Å². The Morgan fingerprint density at radius 3 is 2.48 bits per heavy atom. The number of benzene rings is 3. The van der Waals surface area contributed by atoms with Crippen molar-refractivity contribution in [2.24, 2.45) is 5.10 Å². The summed E-state index contributed by atoms with van der Waals surface area (Å²) >= 11 is 11.8. The Bertz CT molecular complexity index is 1260. The molecule has 3 aromatic rings. The number of hydrogen-bond acceptors (Lipinski definition) is 6. The summed E-state index contributed by atoms with van der Waals surface area (Å²) in [4.78, 5) is 35.3. The second-order valence-electron chi connectivity index (χ2n) is 6.44. The zero-order valence-electron chi connectivity index (χ0n) is 16.8. The first-order valence-electron chi connectivity index (χ1n) is 9.36. The molecular formula is C23H15Cl2N3O5. The van der Waals surface area contributed by atoms with E-state index in [2.05, 4.69) is 10.5 Å². The average Bonchev–Trinajstić information content (AvgIpc) is 2.79. The van der Waals surface area contributed by atoms with Crippen molar-refractivity contribution in [1.29, 1.82) is 0 Å². The first-order valence-corrected chi connectivity index (χ1v) is 10.1. The van der Waals surface area contributed by atoms with E-state index in [-0.39, 0.29) is 21.9 Å². The summed E-state index contributed by atoms with van der Waals surface area (Å²) in [5.74, 6) is -1.75. The van der Waals surface area contributed by atoms with Crippen LogP contribution in [0.2, 0.25) is 10.0 Å². The molecule has 1 amide bonds. The second-order valence-corrected chi connectivity index (χ2v) is 7.28. The molecule has 1 N–H and O–H groups in total. The van der Waals surface area contributed by atoms with E-state index >= 15 is 0 Å². The van der Waals surface area contributed by atoms with Gasteiger partial charge in [-0.1, -0.05) is 59.6 Å². The Morgan fingerprint density at radius 1 is 1.03 bits per heavy atom. The van der Waals surface area contributed by atoms with Crippen LogP contribution < -0.4 is 10.2 Å². The maximum Gasteiger partial charge on any atom is 0.336 e. The number of carbonyl (C=O) groups is 2. The van der Waals surface area contributed by atoms with Crippen molar-refractivity contribution >= 4 is 53.1 Å². The quantitative estimate of drug-likeness (QED) is 0.122. The molecule has 0 aliphatic rings. The normalized spacial score (nSPS) is 11.0. The third kappa shape index (κ3) is 6.49. The van der Waals surface area contributed by atoms with Gasteiger partial charge in [0, 0.05) is 22.7 Å². The molecule has 166 valence electrons. The van der Waals surface area contributed by atoms with E-state index in [1.165, 1.54) is 42.5 Å². The maximum absolute atomic E-state index is 12.3. The van der Waals surface area contributed by atoms with Crippen molar-refractivity contribution in [3.05, 3.63) is 110 Å². The Hall–Kier alpha value is -4.01. The predicted octanol–water partition coefficient (Wildman–Crippen LogP) is 5.28. The number of nitro benzene ring substituents is 1. The fourth-order valence-electron chi connectivity index (χ4n) is 2.66. The van der Waals surface area contributed by atoms with Gasteiger partial charge in [0.15, 0.2) is 0 Å². The number of amides is 1. The van der Waals surface area contributed by atoms with Crippen molar-refractivity contribution in [1.82, 2.24) is 5.43 Å². The molecule has 0 aromatic heterocycles. The van der Waals surface area contributed by atoms with Gasteiger partial charge in [0.25, 0.3) is 5.91 Å². The molecule has 0 saturated carbocycles. The van der Waals surface area contributed by atoms with E-state index in [9.17, 15) is 19.7 Å². The minimum Gasteiger partial charge on any atom is -0.415 e. The predicted molar refractivity (Wildman–Crippen MR) is 126 cm³/mol. The van der Waals surface area contributed by atoms with Crippen LogP contribution >= 0.6 is 23.2 Å². The van der Waals surface area contributed by atoms with Crippen molar-refractivity contribution < 1.29 is 19.2 Å². The molecule has 0 radical (unpaired) electrons. The lowest BCUT2D eigenvalue weighted by Crippen LogP contribution is -2.18. The minimum atomic E-state index is -0.820. The van der Waals surface area contributed by atoms with Crippen LogP contribution in [0.3, 0.4) is 0 Å². The molecule has 3 rings (SSSR count). The summed E-state index contributed by atoms with van der Waals surface area (Å²) in [7, 11) is 0. The molecule has 0 bridgehead atoms. The van der Waals surface area contributed by atoms with Gasteiger partial charge in [-0.15, -0.1) is 0 Å². The number of rotatable bonds is 7. The Morgan fingerprint density at radius 2 is 1.79 bits per heavy atom. The second kappa shape index (κ2) is 11.0. The summed E-state index contributed by atoms with van der Waals surface area (Å²) in [6, 6.07) is 17.3. The van der Waals surface area contributed by atoms with Crippen LogP contribution in [-0.4, -0.2) is 23.0 Å². The molecule has 0 spiro atoms. The van der Waals surface area contributed by atoms with E-state index in [0.29, 0.717) is 5.02 Å². The van der Waals surface area contributed by atoms with Crippen molar-refractivity contribution in [3.63, 3.8) is 0 Å². The zero-order valence-corrected chi connectivity index (χ0v) is 18.3. The van der Waals surface area contributed by atoms with Gasteiger partial charge >= 0.3 is 11.7 Å². The third-order valence-corrected chi connectivity index (χ3v) is 4.73. The highest BCUT2D eigenvalue weighted by Crippen LogP contribution is 2.30. The number of nitrogens with zero attached hydrogens (tertiary/aromatic N) is 2. The highest BCUT2D eigenvalue weighted by molar-refractivity contribution is 6.36. The standard InChI is InChI=1S/C23H15Cl2N3O5/c24-17-10-11-18(19(25)13-17)23(30)27-26-14-16-7-4-8-20(28(31)32)22(16)33-21(29)12-9-15-5-2-1-3-6-15/h1-14H,(H,27,30)/b12-9+,26-14+. The van der Waals surface area contributed by atoms with Gasteiger partial charge in [0.05, 0.1) is 21.7 Å². The first-order chi connectivity index (χ1) is 15.8. The molecule has 0 unspecified atom stereocenters. The molecule has 33 heavy (non-hydrogen) atoms. The number of esters is 1. The number of halogens is 2. The molecule has 0 heterocycles. The summed E-state index contributed by atoms with van der Waals surface area (Å²) < 4.78 is 5.23. The number of para-hydroxylation sites is 1. The number of ether oxygens (including phenoxy) is 1. The van der Waals surface area contributed by atoms with Crippen molar-refractivity contribution in [2.75, 3.05) is 0 Å². The van der Waals surface area contributed by atoms with E-state index in [4.69, 9.17) is 27.9 Å². The number of nitrogens with one attached hydrogen (secondary N) is 1. The van der Waals surface area contributed by atoms with Crippen LogP contribution in [0.15, 0.2) is 77.9 Å². The fourth-order valence-corrected chi connectivity index (χ4v) is 3.15. The lowest BCUT2D eigenvalue weighted by Gasteiger charge is -2.07. The first kappa shape index (κ1) is 23.6. The molecular weight excluding hydrogens is 469 g/mol. The lowest BCUT2D eigenvalue weighted by atomic mass is 10.2. The SMILES string of the molecule is O=C(/C=C/c1ccccc1)Oc1c(/C=N/NC(=O)c2ccc(Cl)cc2Cl)cccc1[N+](=O)[O-]. The van der Waals surface area contributed by atoms with Gasteiger partial charge in [-0.25, -0.2) is 10.2 Å². The van der Waals surface area contributed by atoms with Crippen LogP contribution in [0, 0.1) is 10.1 Å². The molecule has 10 heteroatoms. The monoisotopic (exact) mass is 483 g/mol. The summed E-state index contributed by atoms with van der Waals surface area (Å²) in [6.07, 6.45) is 3.79. The Balaban J connectivity index is 1.79. The minimum absolute atomic E-state index is 0.105. The van der Waals surface area contributed by atoms with Gasteiger partial charge in [0.2, 0.25) is 5.75 Å². The van der Waals surface area contributed by atoms with Crippen molar-refractivity contribution in [3.8, 4) is 5.75 Å². The van der Waals surface area contributed by atoms with Gasteiger partial charge in [-0.05, 0) is 35.9 Å². The largest absolute Gasteiger partial charge is 0.415 e. The molecule has 0 aliphatic carbocycles. The van der Waals surface area contributed by atoms with Crippen LogP contribution in [-0.2, 0) is 4.79 Å². The molecule has 0 atom stereocenters. The van der Waals surface area contributed by atoms with E-state index < -0.39 is 22.5 Å². The summed E-state index contributed by atoms with van der Waals surface area (Å²) in [5, 5.41) is 15.7. The summed E-state index contributed by atoms with van der Waals surface area (Å²) in [6.45, 7) is 0. The molecule has 0 fully saturated rings. The Kier molecular flexibility index (Phi) is 7.91. The fraction of sp³-hybridized carbons (Fsp3) is 0. The summed E-state index contributed by atoms with van der Waals surface area (Å²) in [5.41, 5.74) is 2.82. The molecule has 3 aromatic carbocycles. The topological polar surface area (TPSA) is 111 Å². The van der Waals surface area contributed by atoms with Gasteiger partial charge < -0.3 is 4.74 Å². The molecule has 0 aliphatic heterocycles. The van der Waals surface area contributed by atoms with Gasteiger partial charge in [0.1, 0.15) is 0 Å².